The summed E-state index contributed by atoms with van der Waals surface area (Å²) in [7, 11) is 0. The Labute approximate surface area is 117 Å². The van der Waals surface area contributed by atoms with Crippen molar-refractivity contribution in [3.8, 4) is 17.6 Å². The molecule has 0 saturated heterocycles. The quantitative estimate of drug-likeness (QED) is 0.928. The van der Waals surface area contributed by atoms with Crippen LogP contribution in [0.15, 0.2) is 42.5 Å². The van der Waals surface area contributed by atoms with E-state index in [1.54, 1.807) is 12.1 Å². The topological polar surface area (TPSA) is 54.3 Å². The second kappa shape index (κ2) is 5.54. The Hall–Kier alpha value is -2.67. The maximum Gasteiger partial charge on any atom is 0.161 e. The van der Waals surface area contributed by atoms with Crippen LogP contribution in [0.25, 0.3) is 0 Å². The molecule has 0 radical (unpaired) electrons. The van der Waals surface area contributed by atoms with Gasteiger partial charge in [0.05, 0.1) is 11.6 Å². The lowest BCUT2D eigenvalue weighted by Crippen LogP contribution is -2.15. The molecule has 3 rings (SSSR count). The van der Waals surface area contributed by atoms with Crippen LogP contribution in [0.2, 0.25) is 0 Å². The van der Waals surface area contributed by atoms with Gasteiger partial charge < -0.3 is 14.8 Å². The van der Waals surface area contributed by atoms with Crippen molar-refractivity contribution in [3.63, 3.8) is 0 Å². The molecule has 0 bridgehead atoms. The first-order valence-electron chi connectivity index (χ1n) is 6.48. The molecule has 0 saturated carbocycles. The molecule has 1 N–H and O–H groups in total. The van der Waals surface area contributed by atoms with Gasteiger partial charge in [0.1, 0.15) is 13.2 Å². The molecule has 1 heterocycles. The van der Waals surface area contributed by atoms with Gasteiger partial charge in [0.2, 0.25) is 0 Å². The van der Waals surface area contributed by atoms with Crippen LogP contribution in [0.5, 0.6) is 11.5 Å². The summed E-state index contributed by atoms with van der Waals surface area (Å²) >= 11 is 0. The molecule has 0 spiro atoms. The summed E-state index contributed by atoms with van der Waals surface area (Å²) in [6.07, 6.45) is 0. The third kappa shape index (κ3) is 2.67. The van der Waals surface area contributed by atoms with Crippen LogP contribution in [-0.2, 0) is 6.54 Å². The average molecular weight is 266 g/mol. The van der Waals surface area contributed by atoms with Gasteiger partial charge in [-0.25, -0.2) is 0 Å². The molecule has 4 heteroatoms. The van der Waals surface area contributed by atoms with Crippen LogP contribution in [0, 0.1) is 11.3 Å². The van der Waals surface area contributed by atoms with E-state index in [1.165, 1.54) is 0 Å². The molecule has 0 fully saturated rings. The fraction of sp³-hybridized carbons (Fsp3) is 0.188. The monoisotopic (exact) mass is 266 g/mol. The zero-order valence-corrected chi connectivity index (χ0v) is 10.9. The number of nitrogens with one attached hydrogen (secondary N) is 1. The van der Waals surface area contributed by atoms with E-state index in [0.29, 0.717) is 25.3 Å². The van der Waals surface area contributed by atoms with Crippen molar-refractivity contribution in [2.45, 2.75) is 6.54 Å². The molecule has 1 aliphatic rings. The number of benzene rings is 2. The van der Waals surface area contributed by atoms with Crippen molar-refractivity contribution in [2.24, 2.45) is 0 Å². The summed E-state index contributed by atoms with van der Waals surface area (Å²) in [4.78, 5) is 0. The molecule has 0 aliphatic carbocycles. The summed E-state index contributed by atoms with van der Waals surface area (Å²) in [6.45, 7) is 1.90. The third-order valence-corrected chi connectivity index (χ3v) is 3.12. The van der Waals surface area contributed by atoms with Crippen LogP contribution in [0.1, 0.15) is 11.1 Å². The molecule has 100 valence electrons. The lowest BCUT2D eigenvalue weighted by atomic mass is 10.1. The van der Waals surface area contributed by atoms with Crippen molar-refractivity contribution >= 4 is 5.69 Å². The van der Waals surface area contributed by atoms with Gasteiger partial charge in [-0.1, -0.05) is 6.07 Å². The van der Waals surface area contributed by atoms with Gasteiger partial charge in [0.15, 0.2) is 11.5 Å². The number of anilines is 1. The zero-order valence-electron chi connectivity index (χ0n) is 10.9. The van der Waals surface area contributed by atoms with Gasteiger partial charge in [-0.3, -0.25) is 0 Å². The third-order valence-electron chi connectivity index (χ3n) is 3.12. The predicted octanol–water partition coefficient (Wildman–Crippen LogP) is 2.94. The first-order valence-corrected chi connectivity index (χ1v) is 6.48. The van der Waals surface area contributed by atoms with Crippen molar-refractivity contribution in [2.75, 3.05) is 18.5 Å². The number of fused-ring (bicyclic) bond motifs is 1. The zero-order chi connectivity index (χ0) is 13.8. The van der Waals surface area contributed by atoms with E-state index in [2.05, 4.69) is 11.4 Å². The van der Waals surface area contributed by atoms with Gasteiger partial charge >= 0.3 is 0 Å². The molecule has 0 unspecified atom stereocenters. The highest BCUT2D eigenvalue weighted by Crippen LogP contribution is 2.30. The second-order valence-electron chi connectivity index (χ2n) is 4.52. The van der Waals surface area contributed by atoms with Crippen LogP contribution in [0.3, 0.4) is 0 Å². The Kier molecular flexibility index (Phi) is 3.42. The van der Waals surface area contributed by atoms with Crippen LogP contribution in [0.4, 0.5) is 5.69 Å². The Morgan fingerprint density at radius 3 is 2.50 bits per heavy atom. The van der Waals surface area contributed by atoms with Gasteiger partial charge in [-0.15, -0.1) is 0 Å². The Morgan fingerprint density at radius 2 is 1.75 bits per heavy atom. The molecule has 2 aromatic rings. The molecule has 0 aromatic heterocycles. The van der Waals surface area contributed by atoms with Gasteiger partial charge in [-0.05, 0) is 42.0 Å². The van der Waals surface area contributed by atoms with Gasteiger partial charge in [-0.2, -0.15) is 5.26 Å². The van der Waals surface area contributed by atoms with Crippen LogP contribution < -0.4 is 14.8 Å². The first-order chi connectivity index (χ1) is 9.85. The standard InChI is InChI=1S/C16H14N2O2/c17-10-12-1-4-14(5-2-12)18-11-13-3-6-15-16(9-13)20-8-7-19-15/h1-6,9,18H,7-8,11H2. The number of nitrogens with zero attached hydrogens (tertiary/aromatic N) is 1. The Balaban J connectivity index is 1.67. The van der Waals surface area contributed by atoms with E-state index in [4.69, 9.17) is 14.7 Å². The van der Waals surface area contributed by atoms with Gasteiger partial charge in [0, 0.05) is 12.2 Å². The predicted molar refractivity (Wildman–Crippen MR) is 75.9 cm³/mol. The van der Waals surface area contributed by atoms with E-state index < -0.39 is 0 Å². The maximum absolute atomic E-state index is 8.75. The summed E-state index contributed by atoms with van der Waals surface area (Å²) < 4.78 is 11.0. The Morgan fingerprint density at radius 1 is 1.00 bits per heavy atom. The van der Waals surface area contributed by atoms with Crippen LogP contribution in [-0.4, -0.2) is 13.2 Å². The minimum absolute atomic E-state index is 0.597. The van der Waals surface area contributed by atoms with E-state index in [-0.39, 0.29) is 0 Å². The van der Waals surface area contributed by atoms with E-state index >= 15 is 0 Å². The minimum Gasteiger partial charge on any atom is -0.486 e. The van der Waals surface area contributed by atoms with E-state index in [9.17, 15) is 0 Å². The van der Waals surface area contributed by atoms with Crippen molar-refractivity contribution in [1.82, 2.24) is 0 Å². The molecule has 0 amide bonds. The lowest BCUT2D eigenvalue weighted by Gasteiger charge is -2.19. The SMILES string of the molecule is N#Cc1ccc(NCc2ccc3c(c2)OCCO3)cc1. The summed E-state index contributed by atoms with van der Waals surface area (Å²) in [5.41, 5.74) is 2.77. The second-order valence-corrected chi connectivity index (χ2v) is 4.52. The fourth-order valence-electron chi connectivity index (χ4n) is 2.06. The molecular weight excluding hydrogens is 252 g/mol. The summed E-state index contributed by atoms with van der Waals surface area (Å²) in [5.74, 6) is 1.61. The lowest BCUT2D eigenvalue weighted by molar-refractivity contribution is 0.171. The highest BCUT2D eigenvalue weighted by molar-refractivity contribution is 5.49. The number of hydrogen-bond acceptors (Lipinski definition) is 4. The van der Waals surface area contributed by atoms with Crippen molar-refractivity contribution in [1.29, 1.82) is 5.26 Å². The summed E-state index contributed by atoms with van der Waals surface area (Å²) in [6, 6.07) is 15.4. The maximum atomic E-state index is 8.75. The first kappa shape index (κ1) is 12.4. The van der Waals surface area contributed by atoms with Crippen molar-refractivity contribution < 1.29 is 9.47 Å². The molecule has 4 nitrogen and oxygen atoms in total. The van der Waals surface area contributed by atoms with Crippen LogP contribution >= 0.6 is 0 Å². The molecule has 1 aliphatic heterocycles. The average Bonchev–Trinajstić information content (AvgIpc) is 2.53. The highest BCUT2D eigenvalue weighted by atomic mass is 16.6. The smallest absolute Gasteiger partial charge is 0.161 e. The molecule has 0 atom stereocenters. The minimum atomic E-state index is 0.597. The van der Waals surface area contributed by atoms with Crippen molar-refractivity contribution in [3.05, 3.63) is 53.6 Å². The fourth-order valence-corrected chi connectivity index (χ4v) is 2.06. The largest absolute Gasteiger partial charge is 0.486 e. The normalized spacial score (nSPS) is 12.6. The van der Waals surface area contributed by atoms with E-state index in [1.807, 2.05) is 30.3 Å². The molecule has 20 heavy (non-hydrogen) atoms. The molecular formula is C16H14N2O2. The van der Waals surface area contributed by atoms with Gasteiger partial charge in [0.25, 0.3) is 0 Å². The number of hydrogen-bond donors (Lipinski definition) is 1. The number of rotatable bonds is 3. The Bertz CT molecular complexity index is 645. The van der Waals surface area contributed by atoms with E-state index in [0.717, 1.165) is 22.7 Å². The molecule has 2 aromatic carbocycles. The highest BCUT2D eigenvalue weighted by Gasteiger charge is 2.11. The number of nitriles is 1. The summed E-state index contributed by atoms with van der Waals surface area (Å²) in [5, 5.41) is 12.1. The number of ether oxygens (including phenoxy) is 2.